The summed E-state index contributed by atoms with van der Waals surface area (Å²) in [5.41, 5.74) is 4.37. The van der Waals surface area contributed by atoms with E-state index in [2.05, 4.69) is 22.4 Å². The van der Waals surface area contributed by atoms with Crippen LogP contribution in [0.4, 0.5) is 4.39 Å². The number of nitrogens with zero attached hydrogens (tertiary/aromatic N) is 1. The summed E-state index contributed by atoms with van der Waals surface area (Å²) in [7, 11) is 0. The van der Waals surface area contributed by atoms with E-state index in [0.29, 0.717) is 6.42 Å². The Kier molecular flexibility index (Phi) is 3.88. The first kappa shape index (κ1) is 13.0. The van der Waals surface area contributed by atoms with Crippen LogP contribution in [-0.4, -0.2) is 12.3 Å². The number of allylic oxidation sites excluding steroid dienone is 4. The third-order valence-corrected chi connectivity index (χ3v) is 3.55. The number of nitrogens with one attached hydrogen (secondary N) is 1. The fraction of sp³-hybridized carbons (Fsp3) is 0.235. The number of aliphatic imine (C=N–C) groups is 1. The lowest BCUT2D eigenvalue weighted by molar-refractivity contribution is 0.659. The highest BCUT2D eigenvalue weighted by atomic mass is 19.1. The highest BCUT2D eigenvalue weighted by Crippen LogP contribution is 2.28. The molecule has 0 amide bonds. The van der Waals surface area contributed by atoms with E-state index in [4.69, 9.17) is 0 Å². The molecule has 0 radical (unpaired) electrons. The van der Waals surface area contributed by atoms with E-state index in [-0.39, 0.29) is 5.83 Å². The molecular formula is C17H17FN2. The number of rotatable bonds is 5. The van der Waals surface area contributed by atoms with Gasteiger partial charge in [-0.05, 0) is 36.3 Å². The van der Waals surface area contributed by atoms with Crippen molar-refractivity contribution in [2.45, 2.75) is 19.4 Å². The highest BCUT2D eigenvalue weighted by molar-refractivity contribution is 6.08. The van der Waals surface area contributed by atoms with E-state index in [9.17, 15) is 4.39 Å². The minimum Gasteiger partial charge on any atom is -0.312 e. The summed E-state index contributed by atoms with van der Waals surface area (Å²) in [6, 6.07) is 10.3. The van der Waals surface area contributed by atoms with Gasteiger partial charge in [-0.3, -0.25) is 4.99 Å². The topological polar surface area (TPSA) is 24.4 Å². The molecule has 1 aromatic carbocycles. The van der Waals surface area contributed by atoms with E-state index in [1.165, 1.54) is 5.56 Å². The molecule has 3 rings (SSSR count). The van der Waals surface area contributed by atoms with Crippen molar-refractivity contribution in [2.75, 3.05) is 6.54 Å². The Morgan fingerprint density at radius 1 is 1.20 bits per heavy atom. The molecule has 0 unspecified atom stereocenters. The molecule has 0 spiro atoms. The average molecular weight is 268 g/mol. The van der Waals surface area contributed by atoms with Gasteiger partial charge in [0.1, 0.15) is 5.83 Å². The summed E-state index contributed by atoms with van der Waals surface area (Å²) in [5, 5.41) is 3.41. The molecule has 0 fully saturated rings. The molecule has 1 aliphatic heterocycles. The van der Waals surface area contributed by atoms with Crippen LogP contribution in [0.25, 0.3) is 0 Å². The van der Waals surface area contributed by atoms with Crippen molar-refractivity contribution < 1.29 is 4.39 Å². The van der Waals surface area contributed by atoms with Crippen molar-refractivity contribution in [2.24, 2.45) is 4.99 Å². The van der Waals surface area contributed by atoms with Crippen LogP contribution < -0.4 is 5.32 Å². The van der Waals surface area contributed by atoms with Crippen molar-refractivity contribution in [1.29, 1.82) is 0 Å². The first-order valence-corrected chi connectivity index (χ1v) is 6.91. The van der Waals surface area contributed by atoms with Gasteiger partial charge < -0.3 is 5.32 Å². The predicted molar refractivity (Wildman–Crippen MR) is 80.2 cm³/mol. The van der Waals surface area contributed by atoms with E-state index >= 15 is 0 Å². The monoisotopic (exact) mass is 268 g/mol. The zero-order valence-corrected chi connectivity index (χ0v) is 11.3. The Labute approximate surface area is 118 Å². The third kappa shape index (κ3) is 2.94. The lowest BCUT2D eigenvalue weighted by atomic mass is 9.95. The van der Waals surface area contributed by atoms with Gasteiger partial charge >= 0.3 is 0 Å². The van der Waals surface area contributed by atoms with Gasteiger partial charge in [0.2, 0.25) is 0 Å². The summed E-state index contributed by atoms with van der Waals surface area (Å²) >= 11 is 0. The predicted octanol–water partition coefficient (Wildman–Crippen LogP) is 3.69. The fourth-order valence-electron chi connectivity index (χ4n) is 2.46. The molecular weight excluding hydrogens is 251 g/mol. The van der Waals surface area contributed by atoms with Gasteiger partial charge in [0.15, 0.2) is 0 Å². The van der Waals surface area contributed by atoms with Crippen LogP contribution in [0.3, 0.4) is 0 Å². The highest BCUT2D eigenvalue weighted by Gasteiger charge is 2.19. The van der Waals surface area contributed by atoms with E-state index in [1.54, 1.807) is 12.2 Å². The standard InChI is InChI=1S/C17H17FN2/c18-15-6-7-17-16(10-15)14(12-20-17)8-9-19-11-13-4-2-1-3-5-13/h1-6,10,12,19H,7-9,11H2. The third-order valence-electron chi connectivity index (χ3n) is 3.55. The van der Waals surface area contributed by atoms with Crippen LogP contribution in [0.5, 0.6) is 0 Å². The van der Waals surface area contributed by atoms with Crippen molar-refractivity contribution in [3.05, 3.63) is 71.2 Å². The lowest BCUT2D eigenvalue weighted by Crippen LogP contribution is -2.16. The molecule has 1 aromatic rings. The number of fused-ring (bicyclic) bond motifs is 1. The van der Waals surface area contributed by atoms with Crippen molar-refractivity contribution in [1.82, 2.24) is 5.32 Å². The number of hydrogen-bond acceptors (Lipinski definition) is 2. The molecule has 0 bridgehead atoms. The zero-order chi connectivity index (χ0) is 13.8. The second-order valence-electron chi connectivity index (χ2n) is 4.99. The molecule has 2 aliphatic rings. The molecule has 1 heterocycles. The van der Waals surface area contributed by atoms with Crippen LogP contribution >= 0.6 is 0 Å². The van der Waals surface area contributed by atoms with Gasteiger partial charge in [-0.25, -0.2) is 4.39 Å². The molecule has 20 heavy (non-hydrogen) atoms. The van der Waals surface area contributed by atoms with Crippen LogP contribution in [0.2, 0.25) is 0 Å². The summed E-state index contributed by atoms with van der Waals surface area (Å²) in [6.07, 6.45) is 6.52. The van der Waals surface area contributed by atoms with Crippen molar-refractivity contribution >= 4 is 5.71 Å². The van der Waals surface area contributed by atoms with Crippen LogP contribution in [0.1, 0.15) is 18.4 Å². The average Bonchev–Trinajstić information content (AvgIpc) is 2.87. The second-order valence-corrected chi connectivity index (χ2v) is 4.99. The Hall–Kier alpha value is -2.00. The van der Waals surface area contributed by atoms with Crippen LogP contribution in [-0.2, 0) is 6.54 Å². The SMILES string of the molecule is FC1=CCC2=NC=C(CCNCc3ccccc3)C2=C1. The largest absolute Gasteiger partial charge is 0.312 e. The van der Waals surface area contributed by atoms with Gasteiger partial charge in [-0.2, -0.15) is 0 Å². The Morgan fingerprint density at radius 2 is 2.05 bits per heavy atom. The molecule has 102 valence electrons. The Morgan fingerprint density at radius 3 is 2.90 bits per heavy atom. The molecule has 0 saturated carbocycles. The van der Waals surface area contributed by atoms with Crippen LogP contribution in [0, 0.1) is 0 Å². The summed E-state index contributed by atoms with van der Waals surface area (Å²) in [5.74, 6) is -0.149. The van der Waals surface area contributed by atoms with Gasteiger partial charge in [0, 0.05) is 24.7 Å². The number of benzene rings is 1. The maximum absolute atomic E-state index is 13.3. The molecule has 2 nitrogen and oxygen atoms in total. The molecule has 3 heteroatoms. The van der Waals surface area contributed by atoms with Gasteiger partial charge in [-0.15, -0.1) is 0 Å². The summed E-state index contributed by atoms with van der Waals surface area (Å²) in [4.78, 5) is 4.36. The second kappa shape index (κ2) is 5.97. The first-order chi connectivity index (χ1) is 9.83. The van der Waals surface area contributed by atoms with E-state index < -0.39 is 0 Å². The lowest BCUT2D eigenvalue weighted by Gasteiger charge is -2.11. The maximum atomic E-state index is 13.3. The fourth-order valence-corrected chi connectivity index (χ4v) is 2.46. The van der Waals surface area contributed by atoms with E-state index in [0.717, 1.165) is 36.4 Å². The molecule has 0 aromatic heterocycles. The normalized spacial score (nSPS) is 17.1. The van der Waals surface area contributed by atoms with Crippen molar-refractivity contribution in [3.8, 4) is 0 Å². The smallest absolute Gasteiger partial charge is 0.120 e. The Balaban J connectivity index is 1.49. The Bertz CT molecular complexity index is 609. The summed E-state index contributed by atoms with van der Waals surface area (Å²) in [6.45, 7) is 1.72. The van der Waals surface area contributed by atoms with Crippen LogP contribution in [0.15, 0.2) is 70.6 Å². The molecule has 1 aliphatic carbocycles. The van der Waals surface area contributed by atoms with Gasteiger partial charge in [-0.1, -0.05) is 30.3 Å². The number of halogens is 1. The minimum absolute atomic E-state index is 0.149. The molecule has 1 N–H and O–H groups in total. The summed E-state index contributed by atoms with van der Waals surface area (Å²) < 4.78 is 13.3. The van der Waals surface area contributed by atoms with Crippen molar-refractivity contribution in [3.63, 3.8) is 0 Å². The van der Waals surface area contributed by atoms with E-state index in [1.807, 2.05) is 24.4 Å². The first-order valence-electron chi connectivity index (χ1n) is 6.91. The number of hydrogen-bond donors (Lipinski definition) is 1. The quantitative estimate of drug-likeness (QED) is 0.809. The minimum atomic E-state index is -0.149. The zero-order valence-electron chi connectivity index (χ0n) is 11.3. The van der Waals surface area contributed by atoms with Gasteiger partial charge in [0.25, 0.3) is 0 Å². The maximum Gasteiger partial charge on any atom is 0.120 e. The van der Waals surface area contributed by atoms with Gasteiger partial charge in [0.05, 0.1) is 5.71 Å². The molecule has 0 atom stereocenters. The molecule has 0 saturated heterocycles.